The molecular weight excluding hydrogens is 202 g/mol. The number of ether oxygens (including phenoxy) is 1. The molecule has 2 unspecified atom stereocenters. The maximum absolute atomic E-state index is 5.97. The molecule has 0 aliphatic carbocycles. The van der Waals surface area contributed by atoms with Crippen molar-refractivity contribution in [2.24, 2.45) is 0 Å². The Morgan fingerprint density at radius 1 is 1.50 bits per heavy atom. The van der Waals surface area contributed by atoms with Crippen LogP contribution in [0.3, 0.4) is 0 Å². The van der Waals surface area contributed by atoms with Crippen LogP contribution in [0.4, 0.5) is 0 Å². The van der Waals surface area contributed by atoms with Crippen LogP contribution in [-0.4, -0.2) is 27.5 Å². The van der Waals surface area contributed by atoms with Crippen molar-refractivity contribution in [3.63, 3.8) is 0 Å². The molecule has 1 saturated heterocycles. The predicted octanol–water partition coefficient (Wildman–Crippen LogP) is 1.98. The smallest absolute Gasteiger partial charge is 0.225 e. The molecule has 2 atom stereocenters. The monoisotopic (exact) mass is 215 g/mol. The number of hydrogen-bond acceptors (Lipinski definition) is 3. The average Bonchev–Trinajstić information content (AvgIpc) is 2.46. The first-order valence-electron chi connectivity index (χ1n) is 4.87. The molecule has 1 fully saturated rings. The van der Waals surface area contributed by atoms with Crippen LogP contribution in [0, 0.1) is 6.92 Å². The van der Waals surface area contributed by atoms with E-state index in [9.17, 15) is 0 Å². The third kappa shape index (κ3) is 1.77. The Kier molecular flexibility index (Phi) is 2.74. The normalized spacial score (nSPS) is 27.9. The van der Waals surface area contributed by atoms with Crippen LogP contribution < -0.4 is 0 Å². The molecule has 0 saturated carbocycles. The lowest BCUT2D eigenvalue weighted by Crippen LogP contribution is -2.26. The molecule has 1 aromatic rings. The largest absolute Gasteiger partial charge is 0.378 e. The molecule has 2 heterocycles. The fourth-order valence-electron chi connectivity index (χ4n) is 1.97. The van der Waals surface area contributed by atoms with Crippen LogP contribution in [0.25, 0.3) is 0 Å². The molecule has 14 heavy (non-hydrogen) atoms. The van der Waals surface area contributed by atoms with Gasteiger partial charge in [-0.1, -0.05) is 0 Å². The van der Waals surface area contributed by atoms with Gasteiger partial charge in [-0.25, -0.2) is 0 Å². The van der Waals surface area contributed by atoms with E-state index in [0.717, 1.165) is 25.3 Å². The number of nitrogens with zero attached hydrogens (tertiary/aromatic N) is 3. The molecular formula is C9H14ClN3O. The van der Waals surface area contributed by atoms with Gasteiger partial charge >= 0.3 is 0 Å². The van der Waals surface area contributed by atoms with Gasteiger partial charge in [-0.05, 0) is 38.3 Å². The zero-order valence-corrected chi connectivity index (χ0v) is 9.16. The second-order valence-electron chi connectivity index (χ2n) is 3.75. The van der Waals surface area contributed by atoms with Gasteiger partial charge in [-0.2, -0.15) is 0 Å². The van der Waals surface area contributed by atoms with Crippen LogP contribution in [-0.2, 0) is 4.74 Å². The average molecular weight is 216 g/mol. The molecule has 0 bridgehead atoms. The number of rotatable bonds is 1. The van der Waals surface area contributed by atoms with Crippen molar-refractivity contribution < 1.29 is 4.74 Å². The Balaban J connectivity index is 2.21. The molecule has 1 aliphatic heterocycles. The van der Waals surface area contributed by atoms with Crippen LogP contribution in [0.5, 0.6) is 0 Å². The lowest BCUT2D eigenvalue weighted by Gasteiger charge is -2.28. The van der Waals surface area contributed by atoms with Crippen molar-refractivity contribution in [2.45, 2.75) is 38.8 Å². The Bertz CT molecular complexity index is 306. The van der Waals surface area contributed by atoms with E-state index >= 15 is 0 Å². The number of halogens is 1. The second-order valence-corrected chi connectivity index (χ2v) is 4.08. The molecule has 2 rings (SSSR count). The van der Waals surface area contributed by atoms with E-state index in [2.05, 4.69) is 17.1 Å². The first-order valence-corrected chi connectivity index (χ1v) is 5.25. The molecule has 5 heteroatoms. The topological polar surface area (TPSA) is 39.9 Å². The predicted molar refractivity (Wildman–Crippen MR) is 53.5 cm³/mol. The molecule has 4 nitrogen and oxygen atoms in total. The zero-order valence-electron chi connectivity index (χ0n) is 8.40. The van der Waals surface area contributed by atoms with Crippen molar-refractivity contribution in [2.75, 3.05) is 6.61 Å². The summed E-state index contributed by atoms with van der Waals surface area (Å²) in [5.74, 6) is 0.883. The highest BCUT2D eigenvalue weighted by Gasteiger charge is 2.24. The standard InChI is InChI=1S/C9H14ClN3O/c1-6-5-8(3-4-14-6)13-7(2)11-12-9(13)10/h6,8H,3-5H2,1-2H3. The first kappa shape index (κ1) is 9.93. The summed E-state index contributed by atoms with van der Waals surface area (Å²) in [6, 6.07) is 0.390. The third-order valence-corrected chi connectivity index (χ3v) is 2.90. The maximum atomic E-state index is 5.97. The summed E-state index contributed by atoms with van der Waals surface area (Å²) in [5.41, 5.74) is 0. The molecule has 0 spiro atoms. The summed E-state index contributed by atoms with van der Waals surface area (Å²) in [6.45, 7) is 4.80. The summed E-state index contributed by atoms with van der Waals surface area (Å²) in [4.78, 5) is 0. The van der Waals surface area contributed by atoms with E-state index in [0.29, 0.717) is 17.4 Å². The highest BCUT2D eigenvalue weighted by atomic mass is 35.5. The Morgan fingerprint density at radius 3 is 2.86 bits per heavy atom. The number of aromatic nitrogens is 3. The van der Waals surface area contributed by atoms with E-state index in [-0.39, 0.29) is 0 Å². The minimum Gasteiger partial charge on any atom is -0.378 e. The van der Waals surface area contributed by atoms with Crippen molar-refractivity contribution in [3.8, 4) is 0 Å². The van der Waals surface area contributed by atoms with Crippen LogP contribution >= 0.6 is 11.6 Å². The van der Waals surface area contributed by atoms with Gasteiger partial charge in [0, 0.05) is 12.6 Å². The van der Waals surface area contributed by atoms with Crippen molar-refractivity contribution in [1.82, 2.24) is 14.8 Å². The first-order chi connectivity index (χ1) is 6.68. The van der Waals surface area contributed by atoms with Crippen molar-refractivity contribution in [3.05, 3.63) is 11.1 Å². The summed E-state index contributed by atoms with van der Waals surface area (Å²) in [5, 5.41) is 8.30. The summed E-state index contributed by atoms with van der Waals surface area (Å²) < 4.78 is 7.49. The second kappa shape index (κ2) is 3.87. The van der Waals surface area contributed by atoms with Gasteiger partial charge in [0.1, 0.15) is 5.82 Å². The van der Waals surface area contributed by atoms with Gasteiger partial charge in [-0.15, -0.1) is 10.2 Å². The SMILES string of the molecule is Cc1nnc(Cl)n1C1CCOC(C)C1. The zero-order chi connectivity index (χ0) is 10.1. The van der Waals surface area contributed by atoms with Crippen LogP contribution in [0.15, 0.2) is 0 Å². The molecule has 1 aliphatic rings. The fraction of sp³-hybridized carbons (Fsp3) is 0.778. The lowest BCUT2D eigenvalue weighted by molar-refractivity contribution is 0.00558. The summed E-state index contributed by atoms with van der Waals surface area (Å²) in [6.07, 6.45) is 2.27. The molecule has 0 radical (unpaired) electrons. The highest BCUT2D eigenvalue weighted by molar-refractivity contribution is 6.28. The van der Waals surface area contributed by atoms with E-state index in [4.69, 9.17) is 16.3 Å². The van der Waals surface area contributed by atoms with Gasteiger partial charge in [0.15, 0.2) is 0 Å². The van der Waals surface area contributed by atoms with Crippen LogP contribution in [0.2, 0.25) is 5.28 Å². The molecule has 1 aromatic heterocycles. The molecule has 0 amide bonds. The van der Waals surface area contributed by atoms with Crippen LogP contribution in [0.1, 0.15) is 31.6 Å². The van der Waals surface area contributed by atoms with Gasteiger partial charge in [0.2, 0.25) is 5.28 Å². The Hall–Kier alpha value is -0.610. The molecule has 78 valence electrons. The quantitative estimate of drug-likeness (QED) is 0.719. The Labute approximate surface area is 88.2 Å². The van der Waals surface area contributed by atoms with Gasteiger partial charge in [0.05, 0.1) is 6.10 Å². The minimum atomic E-state index is 0.298. The fourth-order valence-corrected chi connectivity index (χ4v) is 2.27. The van der Waals surface area contributed by atoms with Crippen molar-refractivity contribution in [1.29, 1.82) is 0 Å². The molecule has 0 aromatic carbocycles. The number of hydrogen-bond donors (Lipinski definition) is 0. The summed E-state index contributed by atoms with van der Waals surface area (Å²) in [7, 11) is 0. The van der Waals surface area contributed by atoms with Gasteiger partial charge in [0.25, 0.3) is 0 Å². The van der Waals surface area contributed by atoms with E-state index in [1.54, 1.807) is 0 Å². The van der Waals surface area contributed by atoms with E-state index in [1.807, 2.05) is 11.5 Å². The van der Waals surface area contributed by atoms with E-state index in [1.165, 1.54) is 0 Å². The Morgan fingerprint density at radius 2 is 2.29 bits per heavy atom. The van der Waals surface area contributed by atoms with Gasteiger partial charge in [-0.3, -0.25) is 4.57 Å². The molecule has 0 N–H and O–H groups in total. The highest BCUT2D eigenvalue weighted by Crippen LogP contribution is 2.28. The van der Waals surface area contributed by atoms with Crippen molar-refractivity contribution >= 4 is 11.6 Å². The summed E-state index contributed by atoms with van der Waals surface area (Å²) >= 11 is 5.97. The maximum Gasteiger partial charge on any atom is 0.225 e. The third-order valence-electron chi connectivity index (χ3n) is 2.65. The van der Waals surface area contributed by atoms with Gasteiger partial charge < -0.3 is 4.74 Å². The number of aryl methyl sites for hydroxylation is 1. The lowest BCUT2D eigenvalue weighted by atomic mass is 10.0. The minimum absolute atomic E-state index is 0.298. The van der Waals surface area contributed by atoms with E-state index < -0.39 is 0 Å².